The van der Waals surface area contributed by atoms with Crippen LogP contribution in [0.4, 0.5) is 4.39 Å². The lowest BCUT2D eigenvalue weighted by Crippen LogP contribution is -1.90. The number of benzene rings is 1. The summed E-state index contributed by atoms with van der Waals surface area (Å²) in [5.74, 6) is 3.17. The van der Waals surface area contributed by atoms with Gasteiger partial charge in [-0.25, -0.2) is 4.39 Å². The largest absolute Gasteiger partial charge is 0.481 e. The molecule has 0 radical (unpaired) electrons. The third kappa shape index (κ3) is 3.13. The standard InChI is InChI=1S/C11H6FNO2/c12-10-6-8(2-1-3-11(14)15)4-5-9(10)7-13/h4-6H,3H2,(H,14,15). The molecule has 74 valence electrons. The van der Waals surface area contributed by atoms with E-state index < -0.39 is 11.8 Å². The number of aliphatic carboxylic acids is 1. The Bertz CT molecular complexity index is 492. The molecule has 0 aromatic heterocycles. The molecule has 0 aliphatic carbocycles. The van der Waals surface area contributed by atoms with E-state index in [9.17, 15) is 9.18 Å². The minimum absolute atomic E-state index is 0.0567. The Morgan fingerprint density at radius 2 is 2.27 bits per heavy atom. The molecule has 1 aromatic rings. The molecule has 0 saturated carbocycles. The monoisotopic (exact) mass is 203 g/mol. The molecule has 0 fully saturated rings. The zero-order valence-corrected chi connectivity index (χ0v) is 7.62. The van der Waals surface area contributed by atoms with Crippen molar-refractivity contribution in [3.05, 3.63) is 35.1 Å². The highest BCUT2D eigenvalue weighted by atomic mass is 19.1. The molecule has 0 unspecified atom stereocenters. The number of hydrogen-bond acceptors (Lipinski definition) is 2. The fraction of sp³-hybridized carbons (Fsp3) is 0.0909. The summed E-state index contributed by atoms with van der Waals surface area (Å²) in [5.41, 5.74) is 0.298. The lowest BCUT2D eigenvalue weighted by atomic mass is 10.1. The molecule has 0 heterocycles. The van der Waals surface area contributed by atoms with E-state index in [1.54, 1.807) is 6.07 Å². The first-order valence-electron chi connectivity index (χ1n) is 4.04. The van der Waals surface area contributed by atoms with Crippen molar-refractivity contribution in [1.29, 1.82) is 5.26 Å². The average Bonchev–Trinajstić information content (AvgIpc) is 2.17. The summed E-state index contributed by atoms with van der Waals surface area (Å²) in [6.45, 7) is 0. The lowest BCUT2D eigenvalue weighted by Gasteiger charge is -1.93. The zero-order chi connectivity index (χ0) is 11.3. The average molecular weight is 203 g/mol. The first-order chi connectivity index (χ1) is 7.13. The van der Waals surface area contributed by atoms with Crippen molar-refractivity contribution >= 4 is 5.97 Å². The Balaban J connectivity index is 2.88. The van der Waals surface area contributed by atoms with E-state index in [4.69, 9.17) is 10.4 Å². The second-order valence-electron chi connectivity index (χ2n) is 2.68. The topological polar surface area (TPSA) is 61.1 Å². The van der Waals surface area contributed by atoms with E-state index >= 15 is 0 Å². The van der Waals surface area contributed by atoms with Gasteiger partial charge in [-0.1, -0.05) is 11.8 Å². The van der Waals surface area contributed by atoms with Gasteiger partial charge in [0.2, 0.25) is 0 Å². The zero-order valence-electron chi connectivity index (χ0n) is 7.62. The fourth-order valence-corrected chi connectivity index (χ4v) is 0.905. The minimum atomic E-state index is -1.03. The van der Waals surface area contributed by atoms with Gasteiger partial charge in [0.25, 0.3) is 0 Å². The number of carboxylic acid groups (broad SMARTS) is 1. The fourth-order valence-electron chi connectivity index (χ4n) is 0.905. The summed E-state index contributed by atoms with van der Waals surface area (Å²) >= 11 is 0. The van der Waals surface area contributed by atoms with Crippen molar-refractivity contribution in [1.82, 2.24) is 0 Å². The van der Waals surface area contributed by atoms with Crippen LogP contribution in [0.5, 0.6) is 0 Å². The Morgan fingerprint density at radius 1 is 1.53 bits per heavy atom. The van der Waals surface area contributed by atoms with Crippen LogP contribution in [0.2, 0.25) is 0 Å². The summed E-state index contributed by atoms with van der Waals surface area (Å²) in [4.78, 5) is 10.1. The highest BCUT2D eigenvalue weighted by Gasteiger charge is 2.00. The molecule has 0 spiro atoms. The maximum atomic E-state index is 13.0. The van der Waals surface area contributed by atoms with Crippen LogP contribution in [0.15, 0.2) is 18.2 Å². The van der Waals surface area contributed by atoms with E-state index in [1.807, 2.05) is 0 Å². The van der Waals surface area contributed by atoms with Crippen LogP contribution in [0.25, 0.3) is 0 Å². The first kappa shape index (κ1) is 10.7. The van der Waals surface area contributed by atoms with Gasteiger partial charge in [-0.2, -0.15) is 5.26 Å². The van der Waals surface area contributed by atoms with Gasteiger partial charge in [-0.15, -0.1) is 0 Å². The Hall–Kier alpha value is -2.33. The first-order valence-corrected chi connectivity index (χ1v) is 4.04. The van der Waals surface area contributed by atoms with Gasteiger partial charge in [0.15, 0.2) is 0 Å². The molecule has 0 aliphatic rings. The third-order valence-electron chi connectivity index (χ3n) is 1.56. The number of nitriles is 1. The SMILES string of the molecule is N#Cc1ccc(C#CCC(=O)O)cc1F. The second kappa shape index (κ2) is 4.78. The van der Waals surface area contributed by atoms with Crippen LogP contribution < -0.4 is 0 Å². The molecule has 0 bridgehead atoms. The van der Waals surface area contributed by atoms with Crippen molar-refractivity contribution in [2.24, 2.45) is 0 Å². The van der Waals surface area contributed by atoms with Crippen LogP contribution in [0, 0.1) is 29.0 Å². The van der Waals surface area contributed by atoms with E-state index in [-0.39, 0.29) is 12.0 Å². The van der Waals surface area contributed by atoms with Crippen LogP contribution in [0.1, 0.15) is 17.5 Å². The molecule has 0 saturated heterocycles. The van der Waals surface area contributed by atoms with Gasteiger partial charge in [-0.3, -0.25) is 4.79 Å². The van der Waals surface area contributed by atoms with Crippen molar-refractivity contribution < 1.29 is 14.3 Å². The predicted octanol–water partition coefficient (Wildman–Crippen LogP) is 1.52. The molecule has 3 nitrogen and oxygen atoms in total. The molecule has 1 rings (SSSR count). The smallest absolute Gasteiger partial charge is 0.315 e. The third-order valence-corrected chi connectivity index (χ3v) is 1.56. The van der Waals surface area contributed by atoms with Gasteiger partial charge < -0.3 is 5.11 Å². The molecule has 0 amide bonds. The highest BCUT2D eigenvalue weighted by molar-refractivity contribution is 5.70. The lowest BCUT2D eigenvalue weighted by molar-refractivity contribution is -0.135. The van der Waals surface area contributed by atoms with Crippen molar-refractivity contribution in [2.75, 3.05) is 0 Å². The van der Waals surface area contributed by atoms with E-state index in [1.165, 1.54) is 12.1 Å². The summed E-state index contributed by atoms with van der Waals surface area (Å²) < 4.78 is 13.0. The molecule has 15 heavy (non-hydrogen) atoms. The van der Waals surface area contributed by atoms with Gasteiger partial charge in [0, 0.05) is 5.56 Å². The Morgan fingerprint density at radius 3 is 2.80 bits per heavy atom. The maximum Gasteiger partial charge on any atom is 0.315 e. The predicted molar refractivity (Wildman–Crippen MR) is 50.2 cm³/mol. The molecule has 1 N–H and O–H groups in total. The quantitative estimate of drug-likeness (QED) is 0.704. The van der Waals surface area contributed by atoms with Gasteiger partial charge >= 0.3 is 5.97 Å². The summed E-state index contributed by atoms with van der Waals surface area (Å²) in [5, 5.41) is 16.8. The van der Waals surface area contributed by atoms with Crippen molar-refractivity contribution in [3.63, 3.8) is 0 Å². The van der Waals surface area contributed by atoms with E-state index in [2.05, 4.69) is 11.8 Å². The molecule has 0 atom stereocenters. The Labute approximate surface area is 85.8 Å². The summed E-state index contributed by atoms with van der Waals surface area (Å²) in [6.07, 6.45) is -0.290. The molecule has 0 aliphatic heterocycles. The van der Waals surface area contributed by atoms with Crippen LogP contribution in [-0.2, 0) is 4.79 Å². The molecule has 4 heteroatoms. The van der Waals surface area contributed by atoms with Gasteiger partial charge in [0.05, 0.1) is 5.56 Å². The number of halogens is 1. The number of carbonyl (C=O) groups is 1. The van der Waals surface area contributed by atoms with E-state index in [0.29, 0.717) is 5.56 Å². The minimum Gasteiger partial charge on any atom is -0.481 e. The van der Waals surface area contributed by atoms with Gasteiger partial charge in [0.1, 0.15) is 18.3 Å². The van der Waals surface area contributed by atoms with E-state index in [0.717, 1.165) is 6.07 Å². The number of nitrogens with zero attached hydrogens (tertiary/aromatic N) is 1. The molecule has 1 aromatic carbocycles. The maximum absolute atomic E-state index is 13.0. The summed E-state index contributed by atoms with van der Waals surface area (Å²) in [7, 11) is 0. The summed E-state index contributed by atoms with van der Waals surface area (Å²) in [6, 6.07) is 5.56. The highest BCUT2D eigenvalue weighted by Crippen LogP contribution is 2.08. The Kier molecular flexibility index (Phi) is 3.43. The van der Waals surface area contributed by atoms with Crippen molar-refractivity contribution in [2.45, 2.75) is 6.42 Å². The number of hydrogen-bond donors (Lipinski definition) is 1. The second-order valence-corrected chi connectivity index (χ2v) is 2.68. The normalized spacial score (nSPS) is 8.53. The van der Waals surface area contributed by atoms with Crippen LogP contribution in [0.3, 0.4) is 0 Å². The van der Waals surface area contributed by atoms with Crippen molar-refractivity contribution in [3.8, 4) is 17.9 Å². The molecular formula is C11H6FNO2. The molecular weight excluding hydrogens is 197 g/mol. The van der Waals surface area contributed by atoms with Crippen LogP contribution in [-0.4, -0.2) is 11.1 Å². The number of rotatable bonds is 1. The van der Waals surface area contributed by atoms with Gasteiger partial charge in [-0.05, 0) is 18.2 Å². The number of carboxylic acids is 1. The van der Waals surface area contributed by atoms with Crippen LogP contribution >= 0.6 is 0 Å².